The average Bonchev–Trinajstić information content (AvgIpc) is 2.53. The van der Waals surface area contributed by atoms with E-state index in [1.807, 2.05) is 0 Å². The quantitative estimate of drug-likeness (QED) is 0.821. The molecular weight excluding hydrogens is 347 g/mol. The topological polar surface area (TPSA) is 55.3 Å². The summed E-state index contributed by atoms with van der Waals surface area (Å²) in [6.45, 7) is -1.17. The van der Waals surface area contributed by atoms with Crippen LogP contribution in [-0.2, 0) is 6.54 Å². The fourth-order valence-corrected chi connectivity index (χ4v) is 2.07. The SMILES string of the molecule is CN(Cc1ccncc1)C(=O)c1cnc(OCC(F)(F)F)c(Cl)c1. The molecule has 0 aliphatic rings. The van der Waals surface area contributed by atoms with Crippen LogP contribution in [0.2, 0.25) is 5.02 Å². The maximum Gasteiger partial charge on any atom is 0.422 e. The van der Waals surface area contributed by atoms with Crippen LogP contribution in [-0.4, -0.2) is 40.6 Å². The van der Waals surface area contributed by atoms with Crippen LogP contribution < -0.4 is 4.74 Å². The van der Waals surface area contributed by atoms with Gasteiger partial charge in [-0.05, 0) is 23.8 Å². The first-order valence-corrected chi connectivity index (χ1v) is 7.13. The van der Waals surface area contributed by atoms with Gasteiger partial charge in [0, 0.05) is 32.2 Å². The van der Waals surface area contributed by atoms with E-state index in [9.17, 15) is 18.0 Å². The first-order valence-electron chi connectivity index (χ1n) is 6.76. The van der Waals surface area contributed by atoms with Crippen molar-refractivity contribution in [2.75, 3.05) is 13.7 Å². The molecule has 5 nitrogen and oxygen atoms in total. The number of nitrogens with zero attached hydrogens (tertiary/aromatic N) is 3. The molecule has 0 unspecified atom stereocenters. The lowest BCUT2D eigenvalue weighted by Gasteiger charge is -2.17. The van der Waals surface area contributed by atoms with Crippen LogP contribution in [0.1, 0.15) is 15.9 Å². The average molecular weight is 360 g/mol. The van der Waals surface area contributed by atoms with Gasteiger partial charge in [0.05, 0.1) is 5.56 Å². The van der Waals surface area contributed by atoms with Gasteiger partial charge in [-0.1, -0.05) is 11.6 Å². The summed E-state index contributed by atoms with van der Waals surface area (Å²) in [5.41, 5.74) is 1.03. The molecule has 0 N–H and O–H groups in total. The van der Waals surface area contributed by atoms with Gasteiger partial charge in [-0.3, -0.25) is 9.78 Å². The van der Waals surface area contributed by atoms with Crippen molar-refractivity contribution in [3.63, 3.8) is 0 Å². The van der Waals surface area contributed by atoms with E-state index in [2.05, 4.69) is 14.7 Å². The van der Waals surface area contributed by atoms with E-state index in [-0.39, 0.29) is 22.4 Å². The molecule has 0 bridgehead atoms. The van der Waals surface area contributed by atoms with E-state index >= 15 is 0 Å². The van der Waals surface area contributed by atoms with Crippen molar-refractivity contribution in [2.45, 2.75) is 12.7 Å². The van der Waals surface area contributed by atoms with Gasteiger partial charge in [0.1, 0.15) is 5.02 Å². The van der Waals surface area contributed by atoms with E-state index in [4.69, 9.17) is 11.6 Å². The zero-order chi connectivity index (χ0) is 17.7. The summed E-state index contributed by atoms with van der Waals surface area (Å²) in [5.74, 6) is -0.745. The van der Waals surface area contributed by atoms with Crippen molar-refractivity contribution in [3.8, 4) is 5.88 Å². The normalized spacial score (nSPS) is 11.2. The highest BCUT2D eigenvalue weighted by molar-refractivity contribution is 6.32. The van der Waals surface area contributed by atoms with E-state index in [1.165, 1.54) is 11.0 Å². The fourth-order valence-electron chi connectivity index (χ4n) is 1.85. The van der Waals surface area contributed by atoms with Crippen LogP contribution in [0.4, 0.5) is 13.2 Å². The molecule has 9 heteroatoms. The van der Waals surface area contributed by atoms with Crippen LogP contribution in [0, 0.1) is 0 Å². The summed E-state index contributed by atoms with van der Waals surface area (Å²) < 4.78 is 40.9. The lowest BCUT2D eigenvalue weighted by Crippen LogP contribution is -2.26. The fraction of sp³-hybridized carbons (Fsp3) is 0.267. The second kappa shape index (κ2) is 7.48. The number of hydrogen-bond acceptors (Lipinski definition) is 4. The number of ether oxygens (including phenoxy) is 1. The number of rotatable bonds is 5. The number of amides is 1. The Balaban J connectivity index is 2.06. The van der Waals surface area contributed by atoms with Crippen molar-refractivity contribution < 1.29 is 22.7 Å². The van der Waals surface area contributed by atoms with Crippen LogP contribution in [0.15, 0.2) is 36.8 Å². The predicted octanol–water partition coefficient (Wildman–Crippen LogP) is 3.34. The maximum atomic E-state index is 12.3. The highest BCUT2D eigenvalue weighted by Crippen LogP contribution is 2.25. The molecule has 1 amide bonds. The van der Waals surface area contributed by atoms with Gasteiger partial charge < -0.3 is 9.64 Å². The molecule has 0 aliphatic heterocycles. The Morgan fingerprint density at radius 1 is 1.33 bits per heavy atom. The van der Waals surface area contributed by atoms with Gasteiger partial charge in [0.15, 0.2) is 6.61 Å². The highest BCUT2D eigenvalue weighted by Gasteiger charge is 2.29. The molecule has 0 aliphatic carbocycles. The lowest BCUT2D eigenvalue weighted by atomic mass is 10.2. The minimum absolute atomic E-state index is 0.149. The molecule has 0 saturated heterocycles. The summed E-state index contributed by atoms with van der Waals surface area (Å²) in [4.78, 5) is 21.3. The first-order chi connectivity index (χ1) is 11.3. The van der Waals surface area contributed by atoms with E-state index < -0.39 is 12.8 Å². The number of carbonyl (C=O) groups is 1. The zero-order valence-corrected chi connectivity index (χ0v) is 13.3. The van der Waals surface area contributed by atoms with Gasteiger partial charge >= 0.3 is 6.18 Å². The molecule has 2 aromatic heterocycles. The molecular formula is C15H13ClF3N3O2. The molecule has 0 aromatic carbocycles. The summed E-state index contributed by atoms with van der Waals surface area (Å²) in [6.07, 6.45) is -0.148. The Morgan fingerprint density at radius 2 is 2.00 bits per heavy atom. The molecule has 0 saturated carbocycles. The first kappa shape index (κ1) is 18.0. The van der Waals surface area contributed by atoms with Gasteiger partial charge in [-0.25, -0.2) is 4.98 Å². The summed E-state index contributed by atoms with van der Waals surface area (Å²) in [6, 6.07) is 4.76. The summed E-state index contributed by atoms with van der Waals surface area (Å²) >= 11 is 5.83. The Morgan fingerprint density at radius 3 is 2.58 bits per heavy atom. The molecule has 2 heterocycles. The van der Waals surface area contributed by atoms with Crippen LogP contribution >= 0.6 is 11.6 Å². The van der Waals surface area contributed by atoms with Gasteiger partial charge in [0.2, 0.25) is 5.88 Å². The van der Waals surface area contributed by atoms with Gasteiger partial charge in [0.25, 0.3) is 5.91 Å². The third-order valence-electron chi connectivity index (χ3n) is 2.94. The van der Waals surface area contributed by atoms with Crippen molar-refractivity contribution in [1.82, 2.24) is 14.9 Å². The number of halogens is 4. The van der Waals surface area contributed by atoms with Crippen molar-refractivity contribution in [3.05, 3.63) is 52.9 Å². The van der Waals surface area contributed by atoms with E-state index in [1.54, 1.807) is 31.6 Å². The van der Waals surface area contributed by atoms with Crippen LogP contribution in [0.25, 0.3) is 0 Å². The summed E-state index contributed by atoms with van der Waals surface area (Å²) in [5, 5.41) is -0.164. The van der Waals surface area contributed by atoms with Gasteiger partial charge in [-0.15, -0.1) is 0 Å². The van der Waals surface area contributed by atoms with Crippen LogP contribution in [0.5, 0.6) is 5.88 Å². The largest absolute Gasteiger partial charge is 0.467 e. The Labute approximate surface area is 141 Å². The highest BCUT2D eigenvalue weighted by atomic mass is 35.5. The van der Waals surface area contributed by atoms with E-state index in [0.29, 0.717) is 6.54 Å². The molecule has 24 heavy (non-hydrogen) atoms. The van der Waals surface area contributed by atoms with Gasteiger partial charge in [-0.2, -0.15) is 13.2 Å². The molecule has 2 aromatic rings. The number of hydrogen-bond donors (Lipinski definition) is 0. The predicted molar refractivity (Wildman–Crippen MR) is 80.8 cm³/mol. The molecule has 0 radical (unpaired) electrons. The number of alkyl halides is 3. The zero-order valence-electron chi connectivity index (χ0n) is 12.5. The number of aromatic nitrogens is 2. The minimum atomic E-state index is -4.50. The van der Waals surface area contributed by atoms with Crippen molar-refractivity contribution in [2.24, 2.45) is 0 Å². The molecule has 128 valence electrons. The third-order valence-corrected chi connectivity index (χ3v) is 3.21. The third kappa shape index (κ3) is 5.09. The minimum Gasteiger partial charge on any atom is -0.467 e. The Hall–Kier alpha value is -2.35. The molecule has 0 atom stereocenters. The smallest absolute Gasteiger partial charge is 0.422 e. The van der Waals surface area contributed by atoms with Crippen molar-refractivity contribution >= 4 is 17.5 Å². The molecule has 2 rings (SSSR count). The standard InChI is InChI=1S/C15H13ClF3N3O2/c1-22(8-10-2-4-20-5-3-10)14(23)11-6-12(16)13(21-7-11)24-9-15(17,18)19/h2-7H,8-9H2,1H3. The lowest BCUT2D eigenvalue weighted by molar-refractivity contribution is -0.154. The Bertz CT molecular complexity index is 711. The monoisotopic (exact) mass is 359 g/mol. The second-order valence-corrected chi connectivity index (χ2v) is 5.34. The second-order valence-electron chi connectivity index (χ2n) is 4.93. The van der Waals surface area contributed by atoms with Crippen molar-refractivity contribution in [1.29, 1.82) is 0 Å². The Kier molecular flexibility index (Phi) is 5.61. The van der Waals surface area contributed by atoms with E-state index in [0.717, 1.165) is 11.8 Å². The van der Waals surface area contributed by atoms with Crippen LogP contribution in [0.3, 0.4) is 0 Å². The summed E-state index contributed by atoms with van der Waals surface area (Å²) in [7, 11) is 1.59. The number of pyridine rings is 2. The molecule has 0 spiro atoms. The maximum absolute atomic E-state index is 12.3. The molecule has 0 fully saturated rings. The number of carbonyl (C=O) groups excluding carboxylic acids is 1.